The zero-order chi connectivity index (χ0) is 42.5. The number of carbonyl (C=O) groups is 1. The van der Waals surface area contributed by atoms with Crippen LogP contribution in [0.3, 0.4) is 0 Å². The summed E-state index contributed by atoms with van der Waals surface area (Å²) in [5.41, 5.74) is 0. The van der Waals surface area contributed by atoms with Gasteiger partial charge in [0.15, 0.2) is 12.6 Å². The third kappa shape index (κ3) is 19.5. The Bertz CT molecular complexity index is 1300. The molecule has 0 aromatic carbocycles. The van der Waals surface area contributed by atoms with Crippen molar-refractivity contribution in [3.63, 3.8) is 0 Å². The molecular formula is C44H71NO13. The summed E-state index contributed by atoms with van der Waals surface area (Å²) in [5, 5.41) is 86.0. The molecule has 0 spiro atoms. The van der Waals surface area contributed by atoms with Gasteiger partial charge in [-0.3, -0.25) is 4.79 Å². The lowest BCUT2D eigenvalue weighted by molar-refractivity contribution is -0.359. The van der Waals surface area contributed by atoms with Crippen molar-refractivity contribution >= 4 is 5.91 Å². The van der Waals surface area contributed by atoms with Crippen molar-refractivity contribution in [3.05, 3.63) is 85.1 Å². The van der Waals surface area contributed by atoms with Gasteiger partial charge in [0, 0.05) is 6.42 Å². The lowest BCUT2D eigenvalue weighted by Gasteiger charge is -2.46. The molecule has 12 atom stereocenters. The van der Waals surface area contributed by atoms with E-state index in [9.17, 15) is 45.6 Å². The van der Waals surface area contributed by atoms with Gasteiger partial charge in [-0.05, 0) is 64.2 Å². The molecule has 1 amide bonds. The first-order chi connectivity index (χ1) is 28.1. The smallest absolute Gasteiger partial charge is 0.220 e. The standard InChI is InChI=1S/C44H71NO13/c1-3-5-7-9-11-12-13-14-15-16-17-18-19-20-22-24-26-28-36(49)45-32(33(48)27-25-23-21-10-8-6-4-2)31-55-43-41(54)39(52)42(35(30-47)57-43)58-44-40(53)38(51)37(50)34(29-46)56-44/h5,7-8,10-12,14-15,17-18,20,22,25,27,32-35,37-44,46-48,50-54H,3-4,6,9,13,16,19,21,23-24,26,28-31H2,1-2H3,(H,45,49)/b7-5-,10-8+,12-11-,15-14-,18-17-,22-20-,27-25+. The summed E-state index contributed by atoms with van der Waals surface area (Å²) in [6.07, 6.45) is 21.1. The van der Waals surface area contributed by atoms with Crippen LogP contribution < -0.4 is 5.32 Å². The maximum absolute atomic E-state index is 13.0. The van der Waals surface area contributed by atoms with E-state index < -0.39 is 86.8 Å². The van der Waals surface area contributed by atoms with E-state index in [1.165, 1.54) is 0 Å². The molecule has 14 heteroatoms. The number of unbranched alkanes of at least 4 members (excludes halogenated alkanes) is 3. The molecule has 9 N–H and O–H groups in total. The second kappa shape index (κ2) is 31.1. The summed E-state index contributed by atoms with van der Waals surface area (Å²) >= 11 is 0. The van der Waals surface area contributed by atoms with E-state index >= 15 is 0 Å². The highest BCUT2D eigenvalue weighted by molar-refractivity contribution is 5.76. The van der Waals surface area contributed by atoms with Crippen molar-refractivity contribution in [3.8, 4) is 0 Å². The first-order valence-corrected chi connectivity index (χ1v) is 20.8. The Morgan fingerprint density at radius 3 is 1.78 bits per heavy atom. The number of carbonyl (C=O) groups excluding carboxylic acids is 1. The summed E-state index contributed by atoms with van der Waals surface area (Å²) in [6.45, 7) is 2.43. The Balaban J connectivity index is 1.92. The minimum Gasteiger partial charge on any atom is -0.394 e. The largest absolute Gasteiger partial charge is 0.394 e. The van der Waals surface area contributed by atoms with Crippen LogP contribution in [0.5, 0.6) is 0 Å². The molecule has 2 rings (SSSR count). The Morgan fingerprint density at radius 2 is 1.17 bits per heavy atom. The van der Waals surface area contributed by atoms with Gasteiger partial charge in [0.2, 0.25) is 5.91 Å². The van der Waals surface area contributed by atoms with Crippen molar-refractivity contribution in [1.82, 2.24) is 5.32 Å². The zero-order valence-electron chi connectivity index (χ0n) is 34.2. The molecule has 2 aliphatic heterocycles. The van der Waals surface area contributed by atoms with E-state index in [-0.39, 0.29) is 18.9 Å². The van der Waals surface area contributed by atoms with Crippen LogP contribution in [-0.2, 0) is 23.7 Å². The molecule has 0 aromatic rings. The fourth-order valence-electron chi connectivity index (χ4n) is 6.11. The van der Waals surface area contributed by atoms with Gasteiger partial charge < -0.3 is 65.1 Å². The molecule has 14 nitrogen and oxygen atoms in total. The van der Waals surface area contributed by atoms with Crippen LogP contribution in [0.4, 0.5) is 0 Å². The Labute approximate surface area is 344 Å². The van der Waals surface area contributed by atoms with E-state index in [4.69, 9.17) is 18.9 Å². The summed E-state index contributed by atoms with van der Waals surface area (Å²) in [6, 6.07) is -0.961. The second-order valence-corrected chi connectivity index (χ2v) is 14.4. The Morgan fingerprint density at radius 1 is 0.638 bits per heavy atom. The van der Waals surface area contributed by atoms with Crippen LogP contribution in [0.15, 0.2) is 85.1 Å². The number of amides is 1. The van der Waals surface area contributed by atoms with E-state index in [1.54, 1.807) is 12.2 Å². The number of hydrogen-bond acceptors (Lipinski definition) is 13. The summed E-state index contributed by atoms with van der Waals surface area (Å²) < 4.78 is 22.5. The highest BCUT2D eigenvalue weighted by atomic mass is 16.7. The van der Waals surface area contributed by atoms with Crippen LogP contribution in [0.25, 0.3) is 0 Å². The number of aliphatic hydroxyl groups excluding tert-OH is 8. The van der Waals surface area contributed by atoms with E-state index in [0.29, 0.717) is 19.3 Å². The first kappa shape index (κ1) is 51.3. The third-order valence-corrected chi connectivity index (χ3v) is 9.55. The minimum absolute atomic E-state index is 0.189. The van der Waals surface area contributed by atoms with Gasteiger partial charge in [-0.15, -0.1) is 0 Å². The molecule has 0 saturated carbocycles. The van der Waals surface area contributed by atoms with Crippen LogP contribution in [0.1, 0.15) is 90.9 Å². The highest BCUT2D eigenvalue weighted by Gasteiger charge is 2.50. The van der Waals surface area contributed by atoms with Gasteiger partial charge in [0.25, 0.3) is 0 Å². The molecule has 0 aliphatic carbocycles. The fourth-order valence-corrected chi connectivity index (χ4v) is 6.11. The minimum atomic E-state index is -1.80. The van der Waals surface area contributed by atoms with E-state index in [0.717, 1.165) is 51.4 Å². The SMILES string of the molecule is CC/C=C\C/C=C\C/C=C\C/C=C\C/C=C\CCCC(=O)NC(COC1OC(CO)C(OC2OC(CO)C(O)C(O)C2O)C(O)C1O)C(O)/C=C/CC/C=C/CCC. The lowest BCUT2D eigenvalue weighted by Crippen LogP contribution is -2.65. The first-order valence-electron chi connectivity index (χ1n) is 20.8. The summed E-state index contributed by atoms with van der Waals surface area (Å²) in [4.78, 5) is 13.0. The molecule has 2 aliphatic rings. The maximum atomic E-state index is 13.0. The average Bonchev–Trinajstić information content (AvgIpc) is 3.22. The molecule has 330 valence electrons. The van der Waals surface area contributed by atoms with Crippen molar-refractivity contribution in [2.24, 2.45) is 0 Å². The number of aliphatic hydroxyl groups is 8. The van der Waals surface area contributed by atoms with Crippen LogP contribution in [-0.4, -0.2) is 140 Å². The Kier molecular flexibility index (Phi) is 27.5. The number of rotatable bonds is 28. The molecule has 2 saturated heterocycles. The maximum Gasteiger partial charge on any atom is 0.220 e. The molecule has 0 aromatic heterocycles. The van der Waals surface area contributed by atoms with Crippen LogP contribution in [0, 0.1) is 0 Å². The highest BCUT2D eigenvalue weighted by Crippen LogP contribution is 2.29. The molecule has 2 fully saturated rings. The van der Waals surface area contributed by atoms with Gasteiger partial charge in [-0.1, -0.05) is 105 Å². The van der Waals surface area contributed by atoms with Gasteiger partial charge >= 0.3 is 0 Å². The molecule has 0 radical (unpaired) electrons. The quantitative estimate of drug-likeness (QED) is 0.0409. The predicted molar refractivity (Wildman–Crippen MR) is 221 cm³/mol. The molecule has 2 heterocycles. The van der Waals surface area contributed by atoms with E-state index in [1.807, 2.05) is 6.08 Å². The topological polar surface area (TPSA) is 228 Å². The summed E-state index contributed by atoms with van der Waals surface area (Å²) in [5.74, 6) is -0.317. The van der Waals surface area contributed by atoms with Crippen molar-refractivity contribution in [1.29, 1.82) is 0 Å². The van der Waals surface area contributed by atoms with Crippen molar-refractivity contribution in [2.45, 2.75) is 164 Å². The fraction of sp³-hybridized carbons (Fsp3) is 0.659. The molecule has 0 bridgehead atoms. The van der Waals surface area contributed by atoms with Crippen LogP contribution in [0.2, 0.25) is 0 Å². The van der Waals surface area contributed by atoms with E-state index in [2.05, 4.69) is 86.0 Å². The number of nitrogens with one attached hydrogen (secondary N) is 1. The van der Waals surface area contributed by atoms with Gasteiger partial charge in [0.1, 0.15) is 48.8 Å². The Hall–Kier alpha value is -2.83. The summed E-state index contributed by atoms with van der Waals surface area (Å²) in [7, 11) is 0. The number of allylic oxidation sites excluding steroid dienone is 13. The number of hydrogen-bond donors (Lipinski definition) is 9. The van der Waals surface area contributed by atoms with Gasteiger partial charge in [-0.2, -0.15) is 0 Å². The third-order valence-electron chi connectivity index (χ3n) is 9.55. The van der Waals surface area contributed by atoms with Crippen LogP contribution >= 0.6 is 0 Å². The molecule has 58 heavy (non-hydrogen) atoms. The zero-order valence-corrected chi connectivity index (χ0v) is 34.2. The molecular weight excluding hydrogens is 750 g/mol. The van der Waals surface area contributed by atoms with Crippen molar-refractivity contribution in [2.75, 3.05) is 19.8 Å². The van der Waals surface area contributed by atoms with Crippen molar-refractivity contribution < 1.29 is 64.6 Å². The lowest BCUT2D eigenvalue weighted by atomic mass is 9.97. The predicted octanol–water partition coefficient (Wildman–Crippen LogP) is 3.09. The van der Waals surface area contributed by atoms with Gasteiger partial charge in [-0.25, -0.2) is 0 Å². The van der Waals surface area contributed by atoms with Gasteiger partial charge in [0.05, 0.1) is 32.0 Å². The molecule has 12 unspecified atom stereocenters. The average molecular weight is 822 g/mol. The monoisotopic (exact) mass is 821 g/mol. The second-order valence-electron chi connectivity index (χ2n) is 14.4. The normalized spacial score (nSPS) is 29.7. The number of ether oxygens (including phenoxy) is 4.